The Balaban J connectivity index is 0.000000583. The number of nitrogens with two attached hydrogens (primary N) is 1. The molecule has 0 bridgehead atoms. The van der Waals surface area contributed by atoms with Crippen LogP contribution >= 0.6 is 0 Å². The van der Waals surface area contributed by atoms with Gasteiger partial charge in [-0.3, -0.25) is 19.5 Å². The number of rotatable bonds is 31. The smallest absolute Gasteiger partial charge is 0.408 e. The number of hydrogen-bond donors (Lipinski definition) is 5. The summed E-state index contributed by atoms with van der Waals surface area (Å²) in [6.07, 6.45) is -3.38. The van der Waals surface area contributed by atoms with Gasteiger partial charge in [-0.2, -0.15) is 43.5 Å². The third-order valence-corrected chi connectivity index (χ3v) is 19.6. The Hall–Kier alpha value is -11.0. The Kier molecular flexibility index (Phi) is 30.6. The van der Waals surface area contributed by atoms with Crippen molar-refractivity contribution in [3.63, 3.8) is 0 Å². The second-order valence-electron chi connectivity index (χ2n) is 26.9. The topological polar surface area (TPSA) is 361 Å². The molecule has 0 fully saturated rings. The van der Waals surface area contributed by atoms with Gasteiger partial charge in [0.05, 0.1) is 60.8 Å². The summed E-state index contributed by atoms with van der Waals surface area (Å²) >= 11 is 0. The van der Waals surface area contributed by atoms with E-state index >= 15 is 0 Å². The van der Waals surface area contributed by atoms with Crippen molar-refractivity contribution in [1.82, 2.24) is 49.3 Å². The monoisotopic (exact) mass is 1630 g/mol. The molecule has 0 aliphatic rings. The van der Waals surface area contributed by atoms with Crippen molar-refractivity contribution < 1.29 is 96.8 Å². The largest absolute Gasteiger partial charge is 0.493 e. The molecule has 9 rings (SSSR count). The molecule has 6 aromatic heterocycles. The maximum Gasteiger partial charge on any atom is 0.408 e. The molecule has 0 spiro atoms. The van der Waals surface area contributed by atoms with Gasteiger partial charge in [-0.25, -0.2) is 52.3 Å². The molecule has 0 aliphatic carbocycles. The number of nitrogen functional groups attached to an aromatic ring is 1. The highest BCUT2D eigenvalue weighted by atomic mass is 32.2. The highest BCUT2D eigenvalue weighted by Gasteiger charge is 2.41. The average molecular weight is 1630 g/mol. The zero-order chi connectivity index (χ0) is 82.7. The summed E-state index contributed by atoms with van der Waals surface area (Å²) in [6, 6.07) is 27.8. The number of pyridine rings is 5. The van der Waals surface area contributed by atoms with Gasteiger partial charge in [-0.05, 0) is 162 Å². The molecular formula is C76H99F6N13O14S3. The summed E-state index contributed by atoms with van der Waals surface area (Å²) in [5, 5.41) is 4.86. The Labute approximate surface area is 654 Å². The SMILES string of the molecule is CC(C)COc1cc(F)cc(-c2ccc(C(=O)NS(=O)(=O)c3cccc(N)n3)c(N(C)[C@H](C)C(F)(F)F)n2)c1.CCC(COC)Oc1nc(-c2cc(F)cc(OCC(C)C)c2)ccc1C(=O)NS(=O)(=O)c1cccc(C)n1.CCN(c1nc(-c2cc(F)cc(OCC(C)C)c2)ccc1C(=O)NS(=O)(=O)c1ccn[nH]1)C(C)C.[HH].[HH].[HH].[HH].[HH]. The van der Waals surface area contributed by atoms with Crippen LogP contribution in [-0.2, 0) is 34.8 Å². The number of nitrogens with zero attached hydrogens (tertiary/aromatic N) is 8. The highest BCUT2D eigenvalue weighted by molar-refractivity contribution is 7.90. The Morgan fingerprint density at radius 3 is 1.38 bits per heavy atom. The summed E-state index contributed by atoms with van der Waals surface area (Å²) in [5.74, 6) is -3.60. The van der Waals surface area contributed by atoms with Crippen LogP contribution < -0.4 is 48.6 Å². The van der Waals surface area contributed by atoms with E-state index in [1.54, 1.807) is 35.9 Å². The van der Waals surface area contributed by atoms with Crippen molar-refractivity contribution in [1.29, 1.82) is 0 Å². The van der Waals surface area contributed by atoms with Crippen molar-refractivity contribution in [3.8, 4) is 56.9 Å². The Morgan fingerprint density at radius 2 is 0.973 bits per heavy atom. The van der Waals surface area contributed by atoms with Gasteiger partial charge < -0.3 is 39.2 Å². The quantitative estimate of drug-likeness (QED) is 0.0252. The Bertz CT molecular complexity index is 5150. The van der Waals surface area contributed by atoms with E-state index in [2.05, 4.69) is 39.8 Å². The van der Waals surface area contributed by atoms with E-state index in [0.29, 0.717) is 77.4 Å². The molecule has 612 valence electrons. The minimum absolute atomic E-state index is 0. The number of sulfonamides is 3. The third-order valence-electron chi connectivity index (χ3n) is 15.9. The van der Waals surface area contributed by atoms with Gasteiger partial charge in [-0.15, -0.1) is 0 Å². The number of nitrogens with one attached hydrogen (secondary N) is 4. The summed E-state index contributed by atoms with van der Waals surface area (Å²) < 4.78 is 194. The molecular weight excluding hydrogens is 1530 g/mol. The molecule has 3 amide bonds. The fourth-order valence-electron chi connectivity index (χ4n) is 10.2. The number of H-pyrrole nitrogens is 1. The molecule has 0 saturated carbocycles. The first-order valence-electron chi connectivity index (χ1n) is 35.0. The molecule has 112 heavy (non-hydrogen) atoms. The lowest BCUT2D eigenvalue weighted by Crippen LogP contribution is -2.43. The van der Waals surface area contributed by atoms with Gasteiger partial charge in [0.1, 0.15) is 69.9 Å². The number of carbonyl (C=O) groups is 3. The van der Waals surface area contributed by atoms with Gasteiger partial charge in [0.25, 0.3) is 47.8 Å². The van der Waals surface area contributed by atoms with Crippen molar-refractivity contribution in [2.75, 3.05) is 62.7 Å². The molecule has 0 saturated heterocycles. The van der Waals surface area contributed by atoms with Crippen LogP contribution in [0.4, 0.5) is 43.8 Å². The zero-order valence-electron chi connectivity index (χ0n) is 63.8. The van der Waals surface area contributed by atoms with Gasteiger partial charge in [0.15, 0.2) is 15.1 Å². The van der Waals surface area contributed by atoms with Gasteiger partial charge in [0.2, 0.25) is 5.88 Å². The summed E-state index contributed by atoms with van der Waals surface area (Å²) in [6.45, 7) is 23.7. The average Bonchev–Trinajstić information content (AvgIpc) is 1.76. The number of carbonyl (C=O) groups excluding carboxylic acids is 3. The second kappa shape index (κ2) is 38.8. The highest BCUT2D eigenvalue weighted by Crippen LogP contribution is 2.35. The van der Waals surface area contributed by atoms with E-state index in [0.717, 1.165) is 38.2 Å². The van der Waals surface area contributed by atoms with E-state index in [9.17, 15) is 66.0 Å². The second-order valence-corrected chi connectivity index (χ2v) is 31.8. The van der Waals surface area contributed by atoms with Crippen LogP contribution in [0, 0.1) is 42.1 Å². The van der Waals surface area contributed by atoms with Crippen molar-refractivity contribution in [2.24, 2.45) is 17.8 Å². The number of methoxy groups -OCH3 is 1. The van der Waals surface area contributed by atoms with Crippen LogP contribution in [0.15, 0.2) is 155 Å². The van der Waals surface area contributed by atoms with Crippen LogP contribution in [0.1, 0.15) is 126 Å². The number of ether oxygens (including phenoxy) is 5. The summed E-state index contributed by atoms with van der Waals surface area (Å²) in [7, 11) is -10.4. The first-order chi connectivity index (χ1) is 52.6. The number of anilines is 3. The molecule has 0 radical (unpaired) electrons. The minimum Gasteiger partial charge on any atom is -0.493 e. The molecule has 9 aromatic rings. The number of aryl methyl sites for hydroxylation is 1. The fourth-order valence-corrected chi connectivity index (χ4v) is 13.0. The van der Waals surface area contributed by atoms with Gasteiger partial charge in [0, 0.05) is 74.5 Å². The van der Waals surface area contributed by atoms with Crippen molar-refractivity contribution in [3.05, 3.63) is 179 Å². The summed E-state index contributed by atoms with van der Waals surface area (Å²) in [4.78, 5) is 62.7. The minimum atomic E-state index is -4.71. The van der Waals surface area contributed by atoms with E-state index < -0.39 is 100.0 Å². The fraction of sp³-hybridized carbons (Fsp3) is 0.355. The standard InChI is InChI=1S/C27H32FN3O6S.C25H27F4N5O4S.C24H30FN5O4S.5H2/c1-6-21(16-35-5)37-27-23(26(32)31-38(33,34)25-9-7-8-18(4)29-25)10-11-24(30-27)19-12-20(28)14-22(13-19)36-15-17(2)3;1-14(2)13-38-18-11-16(10-17(26)12-18)20-9-8-19(23(31-20)34(4)15(3)25(27,28)29)24(35)33-39(36,37)22-7-5-6-21(30)32-22;1-6-30(16(4)5)23-20(24(31)29-35(32,33)22-9-10-26-28-22)7-8-21(27-23)17-11-18(25)13-19(12-17)34-14-15(2)3;;;;;/h7-14,17,21H,6,15-16H2,1-5H3,(H,31,32);5-12,14-15H,13H2,1-4H3,(H2,30,32)(H,33,35);7-13,15-16H,6,14H2,1-5H3,(H,26,28)(H,29,31);5*1H/t;15-;;;;;;/m.1....../s1. The van der Waals surface area contributed by atoms with E-state index in [1.165, 1.54) is 98.2 Å². The van der Waals surface area contributed by atoms with Crippen LogP contribution in [0.5, 0.6) is 23.1 Å². The summed E-state index contributed by atoms with van der Waals surface area (Å²) in [5.41, 5.74) is 7.27. The van der Waals surface area contributed by atoms with Crippen LogP contribution in [0.2, 0.25) is 0 Å². The predicted molar refractivity (Wildman–Crippen MR) is 419 cm³/mol. The lowest BCUT2D eigenvalue weighted by atomic mass is 10.1. The molecule has 1 unspecified atom stereocenters. The number of halogens is 6. The normalized spacial score (nSPS) is 12.2. The van der Waals surface area contributed by atoms with Crippen LogP contribution in [0.25, 0.3) is 33.8 Å². The molecule has 6 N–H and O–H groups in total. The molecule has 36 heteroatoms. The number of aromatic nitrogens is 7. The molecule has 6 heterocycles. The lowest BCUT2D eigenvalue weighted by molar-refractivity contribution is -0.144. The maximum atomic E-state index is 14.4. The van der Waals surface area contributed by atoms with Gasteiger partial charge >= 0.3 is 6.18 Å². The number of alkyl halides is 3. The first-order valence-corrected chi connectivity index (χ1v) is 39.5. The molecule has 3 aromatic carbocycles. The van der Waals surface area contributed by atoms with Crippen LogP contribution in [-0.4, -0.2) is 150 Å². The number of hydrogen-bond acceptors (Lipinski definition) is 23. The Morgan fingerprint density at radius 1 is 0.545 bits per heavy atom. The third kappa shape index (κ3) is 24.8. The molecule has 2 atom stereocenters. The van der Waals surface area contributed by atoms with E-state index in [-0.39, 0.29) is 93.2 Å². The first kappa shape index (κ1) is 88.2. The van der Waals surface area contributed by atoms with E-state index in [1.807, 2.05) is 78.9 Å². The zero-order valence-corrected chi connectivity index (χ0v) is 66.3. The number of amides is 3. The molecule has 27 nitrogen and oxygen atoms in total. The molecule has 0 aliphatic heterocycles. The number of benzene rings is 3. The van der Waals surface area contributed by atoms with Gasteiger partial charge in [-0.1, -0.05) is 60.6 Å². The maximum absolute atomic E-state index is 14.4. The predicted octanol–water partition coefficient (Wildman–Crippen LogP) is 14.2. The van der Waals surface area contributed by atoms with Crippen LogP contribution in [0.3, 0.4) is 0 Å². The number of aromatic amines is 1. The van der Waals surface area contributed by atoms with Crippen molar-refractivity contribution in [2.45, 2.75) is 129 Å². The van der Waals surface area contributed by atoms with Crippen molar-refractivity contribution >= 4 is 65.2 Å². The van der Waals surface area contributed by atoms with E-state index in [4.69, 9.17) is 29.4 Å². The lowest BCUT2D eigenvalue weighted by Gasteiger charge is -2.29.